The Balaban J connectivity index is 2.22. The number of nitrogens with two attached hydrogens (primary N) is 1. The number of anilines is 2. The molecule has 1 aromatic carbocycles. The van der Waals surface area contributed by atoms with Crippen molar-refractivity contribution < 1.29 is 0 Å². The van der Waals surface area contributed by atoms with E-state index in [2.05, 4.69) is 44.9 Å². The van der Waals surface area contributed by atoms with E-state index in [-0.39, 0.29) is 0 Å². The molecule has 1 saturated heterocycles. The second-order valence-corrected chi connectivity index (χ2v) is 4.69. The first kappa shape index (κ1) is 10.0. The molecule has 14 heavy (non-hydrogen) atoms. The van der Waals surface area contributed by atoms with Crippen LogP contribution in [-0.4, -0.2) is 26.2 Å². The second kappa shape index (κ2) is 4.35. The van der Waals surface area contributed by atoms with Crippen LogP contribution in [0.25, 0.3) is 0 Å². The largest absolute Gasteiger partial charge is 0.397 e. The van der Waals surface area contributed by atoms with Crippen molar-refractivity contribution in [3.63, 3.8) is 0 Å². The molecule has 0 bridgehead atoms. The summed E-state index contributed by atoms with van der Waals surface area (Å²) in [5, 5.41) is 3.33. The Kier molecular flexibility index (Phi) is 3.12. The molecule has 4 heteroatoms. The molecule has 1 heterocycles. The van der Waals surface area contributed by atoms with Gasteiger partial charge in [-0.05, 0) is 40.8 Å². The number of nitrogens with zero attached hydrogens (tertiary/aromatic N) is 1. The van der Waals surface area contributed by atoms with Crippen molar-refractivity contribution in [3.05, 3.63) is 21.8 Å². The van der Waals surface area contributed by atoms with E-state index in [4.69, 9.17) is 5.73 Å². The first-order valence-electron chi connectivity index (χ1n) is 4.78. The van der Waals surface area contributed by atoms with Crippen molar-refractivity contribution in [3.8, 4) is 0 Å². The summed E-state index contributed by atoms with van der Waals surface area (Å²) in [4.78, 5) is 2.34. The molecule has 3 nitrogen and oxygen atoms in total. The minimum Gasteiger partial charge on any atom is -0.397 e. The molecule has 2 rings (SSSR count). The standard InChI is InChI=1S/C10H14IN3/c11-8-1-2-10(9(12)7-8)14-5-3-13-4-6-14/h1-2,7,13H,3-6,12H2. The molecule has 1 aliphatic heterocycles. The van der Waals surface area contributed by atoms with Gasteiger partial charge in [0.1, 0.15) is 0 Å². The first-order chi connectivity index (χ1) is 6.77. The lowest BCUT2D eigenvalue weighted by Crippen LogP contribution is -2.43. The molecule has 76 valence electrons. The van der Waals surface area contributed by atoms with Crippen LogP contribution in [-0.2, 0) is 0 Å². The molecular weight excluding hydrogens is 289 g/mol. The van der Waals surface area contributed by atoms with Gasteiger partial charge in [-0.3, -0.25) is 0 Å². The van der Waals surface area contributed by atoms with Gasteiger partial charge in [0.05, 0.1) is 11.4 Å². The number of rotatable bonds is 1. The van der Waals surface area contributed by atoms with E-state index in [0.717, 1.165) is 31.9 Å². The Labute approximate surface area is 97.8 Å². The van der Waals surface area contributed by atoms with Crippen LogP contribution in [0.3, 0.4) is 0 Å². The monoisotopic (exact) mass is 303 g/mol. The molecule has 1 aliphatic rings. The average molecular weight is 303 g/mol. The fraction of sp³-hybridized carbons (Fsp3) is 0.400. The van der Waals surface area contributed by atoms with Gasteiger partial charge in [-0.2, -0.15) is 0 Å². The van der Waals surface area contributed by atoms with E-state index in [1.807, 2.05) is 6.07 Å². The SMILES string of the molecule is Nc1cc(I)ccc1N1CCNCC1. The predicted octanol–water partition coefficient (Wildman–Crippen LogP) is 1.28. The topological polar surface area (TPSA) is 41.3 Å². The van der Waals surface area contributed by atoms with Crippen molar-refractivity contribution in [2.75, 3.05) is 36.8 Å². The van der Waals surface area contributed by atoms with Crippen LogP contribution in [0.5, 0.6) is 0 Å². The molecule has 0 atom stereocenters. The molecule has 0 saturated carbocycles. The van der Waals surface area contributed by atoms with Gasteiger partial charge in [-0.1, -0.05) is 0 Å². The zero-order chi connectivity index (χ0) is 9.97. The minimum atomic E-state index is 0.888. The Bertz CT molecular complexity index is 321. The van der Waals surface area contributed by atoms with E-state index < -0.39 is 0 Å². The number of halogens is 1. The third-order valence-corrected chi connectivity index (χ3v) is 3.12. The number of nitrogens with one attached hydrogen (secondary N) is 1. The number of hydrogen-bond donors (Lipinski definition) is 2. The van der Waals surface area contributed by atoms with E-state index >= 15 is 0 Å². The first-order valence-corrected chi connectivity index (χ1v) is 5.86. The van der Waals surface area contributed by atoms with Crippen molar-refractivity contribution in [1.82, 2.24) is 5.32 Å². The Hall–Kier alpha value is -0.490. The molecule has 1 fully saturated rings. The number of nitrogen functional groups attached to an aromatic ring is 1. The van der Waals surface area contributed by atoms with Crippen LogP contribution in [0, 0.1) is 3.57 Å². The molecule has 1 aromatic rings. The van der Waals surface area contributed by atoms with Gasteiger partial charge in [0, 0.05) is 29.7 Å². The third-order valence-electron chi connectivity index (χ3n) is 2.45. The molecule has 0 aromatic heterocycles. The Morgan fingerprint density at radius 2 is 2.00 bits per heavy atom. The summed E-state index contributed by atoms with van der Waals surface area (Å²) < 4.78 is 1.19. The summed E-state index contributed by atoms with van der Waals surface area (Å²) in [5.74, 6) is 0. The number of benzene rings is 1. The Morgan fingerprint density at radius 3 is 2.64 bits per heavy atom. The van der Waals surface area contributed by atoms with Crippen LogP contribution < -0.4 is 16.0 Å². The van der Waals surface area contributed by atoms with Gasteiger partial charge in [-0.15, -0.1) is 0 Å². The molecule has 0 aliphatic carbocycles. The van der Waals surface area contributed by atoms with Crippen molar-refractivity contribution in [2.24, 2.45) is 0 Å². The lowest BCUT2D eigenvalue weighted by Gasteiger charge is -2.30. The maximum atomic E-state index is 5.99. The lowest BCUT2D eigenvalue weighted by atomic mass is 10.2. The van der Waals surface area contributed by atoms with E-state index in [1.165, 1.54) is 9.26 Å². The number of piperazine rings is 1. The molecular formula is C10H14IN3. The van der Waals surface area contributed by atoms with Gasteiger partial charge in [-0.25, -0.2) is 0 Å². The van der Waals surface area contributed by atoms with E-state index in [1.54, 1.807) is 0 Å². The Morgan fingerprint density at radius 1 is 1.29 bits per heavy atom. The summed E-state index contributed by atoms with van der Waals surface area (Å²) in [6.07, 6.45) is 0. The van der Waals surface area contributed by atoms with Crippen molar-refractivity contribution >= 4 is 34.0 Å². The van der Waals surface area contributed by atoms with Crippen LogP contribution >= 0.6 is 22.6 Å². The van der Waals surface area contributed by atoms with Gasteiger partial charge in [0.15, 0.2) is 0 Å². The van der Waals surface area contributed by atoms with Gasteiger partial charge >= 0.3 is 0 Å². The number of hydrogen-bond acceptors (Lipinski definition) is 3. The van der Waals surface area contributed by atoms with Gasteiger partial charge < -0.3 is 16.0 Å². The molecule has 3 N–H and O–H groups in total. The van der Waals surface area contributed by atoms with Crippen LogP contribution in [0.1, 0.15) is 0 Å². The van der Waals surface area contributed by atoms with Crippen molar-refractivity contribution in [1.29, 1.82) is 0 Å². The zero-order valence-electron chi connectivity index (χ0n) is 7.96. The predicted molar refractivity (Wildman–Crippen MR) is 68.7 cm³/mol. The fourth-order valence-electron chi connectivity index (χ4n) is 1.72. The highest BCUT2D eigenvalue weighted by Crippen LogP contribution is 2.25. The zero-order valence-corrected chi connectivity index (χ0v) is 10.1. The summed E-state index contributed by atoms with van der Waals surface area (Å²) in [5.41, 5.74) is 8.05. The summed E-state index contributed by atoms with van der Waals surface area (Å²) >= 11 is 2.28. The fourth-order valence-corrected chi connectivity index (χ4v) is 2.23. The second-order valence-electron chi connectivity index (χ2n) is 3.44. The van der Waals surface area contributed by atoms with Crippen LogP contribution in [0.2, 0.25) is 0 Å². The highest BCUT2D eigenvalue weighted by molar-refractivity contribution is 14.1. The molecule has 0 amide bonds. The maximum absolute atomic E-state index is 5.99. The van der Waals surface area contributed by atoms with Gasteiger partial charge in [0.25, 0.3) is 0 Å². The molecule has 0 unspecified atom stereocenters. The smallest absolute Gasteiger partial charge is 0.0601 e. The minimum absolute atomic E-state index is 0.888. The quantitative estimate of drug-likeness (QED) is 0.607. The van der Waals surface area contributed by atoms with Crippen molar-refractivity contribution in [2.45, 2.75) is 0 Å². The lowest BCUT2D eigenvalue weighted by molar-refractivity contribution is 0.589. The van der Waals surface area contributed by atoms with Gasteiger partial charge in [0.2, 0.25) is 0 Å². The third kappa shape index (κ3) is 2.12. The molecule has 0 radical (unpaired) electrons. The van der Waals surface area contributed by atoms with Crippen LogP contribution in [0.15, 0.2) is 18.2 Å². The summed E-state index contributed by atoms with van der Waals surface area (Å²) in [6.45, 7) is 4.19. The van der Waals surface area contributed by atoms with E-state index in [9.17, 15) is 0 Å². The average Bonchev–Trinajstić information content (AvgIpc) is 2.19. The maximum Gasteiger partial charge on any atom is 0.0601 e. The normalized spacial score (nSPS) is 17.1. The summed E-state index contributed by atoms with van der Waals surface area (Å²) in [7, 11) is 0. The highest BCUT2D eigenvalue weighted by Gasteiger charge is 2.12. The van der Waals surface area contributed by atoms with Crippen LogP contribution in [0.4, 0.5) is 11.4 Å². The summed E-state index contributed by atoms with van der Waals surface area (Å²) in [6, 6.07) is 6.24. The molecule has 0 spiro atoms. The van der Waals surface area contributed by atoms with E-state index in [0.29, 0.717) is 0 Å². The highest BCUT2D eigenvalue weighted by atomic mass is 127.